The van der Waals surface area contributed by atoms with Crippen LogP contribution in [0.5, 0.6) is 11.5 Å². The molecular weight excluding hydrogens is 521 g/mol. The summed E-state index contributed by atoms with van der Waals surface area (Å²) in [6.45, 7) is 0. The summed E-state index contributed by atoms with van der Waals surface area (Å²) in [5.41, 5.74) is 0.807. The largest absolute Gasteiger partial charge is 0.493 e. The number of carbonyl (C=O) groups excluding carboxylic acids is 2. The van der Waals surface area contributed by atoms with E-state index in [9.17, 15) is 14.0 Å². The van der Waals surface area contributed by atoms with Crippen LogP contribution >= 0.6 is 23.4 Å². The van der Waals surface area contributed by atoms with Crippen molar-refractivity contribution in [2.75, 3.05) is 7.11 Å². The molecule has 12 heteroatoms. The zero-order valence-electron chi connectivity index (χ0n) is 18.9. The van der Waals surface area contributed by atoms with Crippen LogP contribution in [-0.2, 0) is 4.79 Å². The van der Waals surface area contributed by atoms with Gasteiger partial charge in [0.05, 0.1) is 23.3 Å². The number of pyridine rings is 1. The van der Waals surface area contributed by atoms with Gasteiger partial charge >= 0.3 is 5.97 Å². The molecule has 184 valence electrons. The molecule has 2 aliphatic rings. The molecule has 0 unspecified atom stereocenters. The lowest BCUT2D eigenvalue weighted by Gasteiger charge is -2.20. The Balaban J connectivity index is 1.44. The molecule has 2 aromatic carbocycles. The van der Waals surface area contributed by atoms with Crippen LogP contribution in [0.15, 0.2) is 76.6 Å². The number of halogens is 2. The minimum absolute atomic E-state index is 0.0246. The van der Waals surface area contributed by atoms with E-state index < -0.39 is 17.7 Å². The smallest absolute Gasteiger partial charge is 0.346 e. The first kappa shape index (κ1) is 24.3. The number of hydrogen-bond acceptors (Lipinski definition) is 8. The Morgan fingerprint density at radius 3 is 2.76 bits per heavy atom. The van der Waals surface area contributed by atoms with E-state index >= 15 is 0 Å². The van der Waals surface area contributed by atoms with Crippen LogP contribution in [0, 0.1) is 11.2 Å². The summed E-state index contributed by atoms with van der Waals surface area (Å²) in [5, 5.41) is 15.0. The first-order valence-corrected chi connectivity index (χ1v) is 11.8. The third kappa shape index (κ3) is 4.74. The van der Waals surface area contributed by atoms with Crippen LogP contribution in [0.2, 0.25) is 5.02 Å². The normalized spacial score (nSPS) is 15.9. The molecule has 0 atom stereocenters. The summed E-state index contributed by atoms with van der Waals surface area (Å²) in [6, 6.07) is 11.8. The number of aliphatic imine (C=N–C) groups is 1. The molecule has 1 aromatic heterocycles. The van der Waals surface area contributed by atoms with Crippen molar-refractivity contribution < 1.29 is 23.5 Å². The summed E-state index contributed by atoms with van der Waals surface area (Å²) in [6.07, 6.45) is 4.67. The van der Waals surface area contributed by atoms with Crippen LogP contribution in [0.25, 0.3) is 6.08 Å². The van der Waals surface area contributed by atoms with E-state index in [-0.39, 0.29) is 38.7 Å². The monoisotopic (exact) mass is 535 g/mol. The van der Waals surface area contributed by atoms with Gasteiger partial charge in [0.2, 0.25) is 5.17 Å². The van der Waals surface area contributed by atoms with Gasteiger partial charge in [-0.15, -0.1) is 0 Å². The number of thioether (sulfide) groups is 1. The molecule has 0 spiro atoms. The quantitative estimate of drug-likeness (QED) is 0.284. The van der Waals surface area contributed by atoms with Crippen molar-refractivity contribution in [1.29, 1.82) is 5.41 Å². The van der Waals surface area contributed by atoms with Crippen LogP contribution < -0.4 is 9.47 Å². The van der Waals surface area contributed by atoms with Crippen LogP contribution in [0.4, 0.5) is 4.39 Å². The Hall–Kier alpha value is -4.35. The molecule has 0 bridgehead atoms. The first-order valence-electron chi connectivity index (χ1n) is 10.6. The maximum Gasteiger partial charge on any atom is 0.346 e. The average molecular weight is 536 g/mol. The number of nitrogens with one attached hydrogen (secondary N) is 1. The molecular formula is C25H15ClFN5O4S. The Kier molecular flexibility index (Phi) is 6.55. The number of methoxy groups -OCH3 is 1. The van der Waals surface area contributed by atoms with E-state index in [2.05, 4.69) is 15.1 Å². The number of nitrogens with zero attached hydrogens (tertiary/aromatic N) is 4. The van der Waals surface area contributed by atoms with E-state index in [1.807, 2.05) is 6.07 Å². The molecule has 1 N–H and O–H groups in total. The third-order valence-electron chi connectivity index (χ3n) is 5.21. The van der Waals surface area contributed by atoms with Gasteiger partial charge in [-0.1, -0.05) is 23.7 Å². The van der Waals surface area contributed by atoms with E-state index in [4.69, 9.17) is 26.5 Å². The number of aromatic nitrogens is 1. The minimum atomic E-state index is -0.954. The Labute approximate surface area is 218 Å². The SMILES string of the molecule is COc1cc(C=C2C(=N)N3N=C(c4cccnc4)SC3=NC2=O)cc(Cl)c1OC(=O)c1ccccc1F. The minimum Gasteiger partial charge on any atom is -0.493 e. The maximum atomic E-state index is 14.0. The molecule has 9 nitrogen and oxygen atoms in total. The number of amides is 1. The summed E-state index contributed by atoms with van der Waals surface area (Å²) >= 11 is 7.52. The highest BCUT2D eigenvalue weighted by Crippen LogP contribution is 2.38. The number of benzene rings is 2. The fourth-order valence-electron chi connectivity index (χ4n) is 3.46. The van der Waals surface area contributed by atoms with Crippen LogP contribution in [-0.4, -0.2) is 45.0 Å². The molecule has 0 saturated heterocycles. The predicted molar refractivity (Wildman–Crippen MR) is 138 cm³/mol. The maximum absolute atomic E-state index is 14.0. The number of esters is 1. The summed E-state index contributed by atoms with van der Waals surface area (Å²) in [5.74, 6) is -2.55. The Bertz CT molecular complexity index is 1560. The number of fused-ring (bicyclic) bond motifs is 1. The van der Waals surface area contributed by atoms with Gasteiger partial charge in [-0.25, -0.2) is 9.18 Å². The second-order valence-corrected chi connectivity index (χ2v) is 8.93. The molecule has 0 saturated carbocycles. The van der Waals surface area contributed by atoms with Gasteiger partial charge in [-0.3, -0.25) is 15.2 Å². The molecule has 3 aromatic rings. The zero-order valence-corrected chi connectivity index (χ0v) is 20.5. The highest BCUT2D eigenvalue weighted by molar-refractivity contribution is 8.27. The number of ether oxygens (including phenoxy) is 2. The van der Waals surface area contributed by atoms with Gasteiger partial charge in [0.1, 0.15) is 10.9 Å². The summed E-state index contributed by atoms with van der Waals surface area (Å²) < 4.78 is 24.6. The fraction of sp³-hybridized carbons (Fsp3) is 0.0400. The average Bonchev–Trinajstić information content (AvgIpc) is 3.32. The van der Waals surface area contributed by atoms with Crippen molar-refractivity contribution in [3.8, 4) is 11.5 Å². The molecule has 2 aliphatic heterocycles. The van der Waals surface area contributed by atoms with Gasteiger partial charge in [0.25, 0.3) is 5.91 Å². The molecule has 0 radical (unpaired) electrons. The molecule has 3 heterocycles. The van der Waals surface area contributed by atoms with Crippen molar-refractivity contribution in [3.63, 3.8) is 0 Å². The second-order valence-electron chi connectivity index (χ2n) is 7.57. The van der Waals surface area contributed by atoms with E-state index in [0.717, 1.165) is 23.4 Å². The van der Waals surface area contributed by atoms with Crippen molar-refractivity contribution >= 4 is 57.4 Å². The van der Waals surface area contributed by atoms with Crippen LogP contribution in [0.1, 0.15) is 21.5 Å². The van der Waals surface area contributed by atoms with E-state index in [0.29, 0.717) is 10.6 Å². The highest BCUT2D eigenvalue weighted by Gasteiger charge is 2.36. The van der Waals surface area contributed by atoms with Crippen molar-refractivity contribution in [1.82, 2.24) is 9.99 Å². The molecule has 37 heavy (non-hydrogen) atoms. The van der Waals surface area contributed by atoms with Crippen molar-refractivity contribution in [3.05, 3.63) is 94.0 Å². The Morgan fingerprint density at radius 1 is 1.22 bits per heavy atom. The molecule has 1 amide bonds. The molecule has 0 aliphatic carbocycles. The van der Waals surface area contributed by atoms with Crippen molar-refractivity contribution in [2.45, 2.75) is 0 Å². The fourth-order valence-corrected chi connectivity index (χ4v) is 4.60. The number of hydrogen-bond donors (Lipinski definition) is 1. The Morgan fingerprint density at radius 2 is 2.03 bits per heavy atom. The summed E-state index contributed by atoms with van der Waals surface area (Å²) in [4.78, 5) is 33.4. The second kappa shape index (κ2) is 9.96. The van der Waals surface area contributed by atoms with Gasteiger partial charge in [-0.2, -0.15) is 15.1 Å². The van der Waals surface area contributed by atoms with Crippen LogP contribution in [0.3, 0.4) is 0 Å². The standard InChI is InChI=1S/C25H15ClFN5O4S/c1-35-19-11-13(10-17(26)20(19)36-24(34)15-6-2-3-7-18(15)27)9-16-21(28)32-25(30-22(16)33)37-23(31-32)14-5-4-8-29-12-14/h2-12,28H,1H3. The number of hydrazone groups is 1. The third-order valence-corrected chi connectivity index (χ3v) is 6.45. The predicted octanol–water partition coefficient (Wildman–Crippen LogP) is 4.77. The van der Waals surface area contributed by atoms with E-state index in [1.54, 1.807) is 18.5 Å². The van der Waals surface area contributed by atoms with E-state index in [1.165, 1.54) is 48.5 Å². The van der Waals surface area contributed by atoms with Crippen molar-refractivity contribution in [2.24, 2.45) is 10.1 Å². The van der Waals surface area contributed by atoms with Gasteiger partial charge in [-0.05, 0) is 59.8 Å². The lowest BCUT2D eigenvalue weighted by Crippen LogP contribution is -2.35. The summed E-state index contributed by atoms with van der Waals surface area (Å²) in [7, 11) is 1.34. The highest BCUT2D eigenvalue weighted by atomic mass is 35.5. The first-order chi connectivity index (χ1) is 17.9. The molecule has 5 rings (SSSR count). The van der Waals surface area contributed by atoms with Gasteiger partial charge in [0, 0.05) is 18.0 Å². The number of carbonyl (C=O) groups is 2. The zero-order chi connectivity index (χ0) is 26.1. The lowest BCUT2D eigenvalue weighted by molar-refractivity contribution is -0.114. The topological polar surface area (TPSA) is 117 Å². The van der Waals surface area contributed by atoms with Gasteiger partial charge < -0.3 is 9.47 Å². The number of rotatable bonds is 5. The number of amidine groups is 2. The van der Waals surface area contributed by atoms with Gasteiger partial charge in [0.15, 0.2) is 17.3 Å². The molecule has 0 fully saturated rings. The lowest BCUT2D eigenvalue weighted by atomic mass is 10.1.